The first kappa shape index (κ1) is 18.5. The summed E-state index contributed by atoms with van der Waals surface area (Å²) in [6, 6.07) is 15.7. The van der Waals surface area contributed by atoms with Gasteiger partial charge in [0.15, 0.2) is 0 Å². The van der Waals surface area contributed by atoms with Crippen molar-refractivity contribution in [3.8, 4) is 0 Å². The van der Waals surface area contributed by atoms with Crippen molar-refractivity contribution in [2.45, 2.75) is 56.5 Å². The molecule has 5 heteroatoms. The average molecular weight is 385 g/mol. The second-order valence-corrected chi connectivity index (χ2v) is 10.3. The number of rotatable bonds is 3. The Bertz CT molecular complexity index is 951. The van der Waals surface area contributed by atoms with Crippen molar-refractivity contribution in [1.82, 2.24) is 4.31 Å². The number of anilines is 1. The Kier molecular flexibility index (Phi) is 4.35. The van der Waals surface area contributed by atoms with Crippen LogP contribution in [0.4, 0.5) is 5.69 Å². The maximum absolute atomic E-state index is 13.4. The lowest BCUT2D eigenvalue weighted by Crippen LogP contribution is -2.48. The molecule has 0 spiro atoms. The molecule has 1 saturated heterocycles. The van der Waals surface area contributed by atoms with E-state index in [-0.39, 0.29) is 23.4 Å². The van der Waals surface area contributed by atoms with Crippen molar-refractivity contribution in [1.29, 1.82) is 0 Å². The van der Waals surface area contributed by atoms with Gasteiger partial charge in [-0.2, -0.15) is 4.31 Å². The minimum Gasteiger partial charge on any atom is -0.380 e. The van der Waals surface area contributed by atoms with Gasteiger partial charge < -0.3 is 5.32 Å². The summed E-state index contributed by atoms with van der Waals surface area (Å²) in [5, 5.41) is 3.67. The fourth-order valence-corrected chi connectivity index (χ4v) is 6.64. The summed E-state index contributed by atoms with van der Waals surface area (Å²) in [6.45, 7) is 9.10. The summed E-state index contributed by atoms with van der Waals surface area (Å²) >= 11 is 0. The summed E-state index contributed by atoms with van der Waals surface area (Å²) in [5.74, 6) is 0.234. The maximum atomic E-state index is 13.4. The van der Waals surface area contributed by atoms with Crippen molar-refractivity contribution in [3.05, 3.63) is 59.7 Å². The van der Waals surface area contributed by atoms with E-state index >= 15 is 0 Å². The Morgan fingerprint density at radius 1 is 1.11 bits per heavy atom. The number of aryl methyl sites for hydroxylation is 1. The molecule has 0 aliphatic carbocycles. The fraction of sp³-hybridized carbons (Fsp3) is 0.455. The lowest BCUT2D eigenvalue weighted by atomic mass is 9.67. The van der Waals surface area contributed by atoms with Crippen LogP contribution in [0.15, 0.2) is 53.4 Å². The van der Waals surface area contributed by atoms with E-state index in [4.69, 9.17) is 0 Å². The number of benzene rings is 2. The van der Waals surface area contributed by atoms with Gasteiger partial charge in [0.1, 0.15) is 0 Å². The van der Waals surface area contributed by atoms with Gasteiger partial charge in [-0.3, -0.25) is 0 Å². The van der Waals surface area contributed by atoms with E-state index in [1.54, 1.807) is 16.4 Å². The van der Waals surface area contributed by atoms with Crippen LogP contribution in [0.3, 0.4) is 0 Å². The molecule has 144 valence electrons. The molecule has 1 unspecified atom stereocenters. The Balaban J connectivity index is 1.76. The van der Waals surface area contributed by atoms with Gasteiger partial charge in [0.25, 0.3) is 0 Å². The first-order valence-electron chi connectivity index (χ1n) is 9.71. The second kappa shape index (κ2) is 6.35. The van der Waals surface area contributed by atoms with E-state index in [0.29, 0.717) is 11.4 Å². The predicted octanol–water partition coefficient (Wildman–Crippen LogP) is 4.17. The molecular formula is C22H28N2O2S. The highest BCUT2D eigenvalue weighted by atomic mass is 32.2. The van der Waals surface area contributed by atoms with Crippen LogP contribution < -0.4 is 5.32 Å². The van der Waals surface area contributed by atoms with Crippen LogP contribution in [0.1, 0.15) is 38.3 Å². The molecule has 0 bridgehead atoms. The first-order valence-corrected chi connectivity index (χ1v) is 11.2. The second-order valence-electron chi connectivity index (χ2n) is 8.41. The molecule has 2 aromatic carbocycles. The van der Waals surface area contributed by atoms with Crippen LogP contribution in [0.5, 0.6) is 0 Å². The minimum absolute atomic E-state index is 0.0473. The predicted molar refractivity (Wildman–Crippen MR) is 110 cm³/mol. The van der Waals surface area contributed by atoms with E-state index in [9.17, 15) is 8.42 Å². The highest BCUT2D eigenvalue weighted by Gasteiger charge is 2.54. The van der Waals surface area contributed by atoms with Gasteiger partial charge in [0.05, 0.1) is 4.90 Å². The van der Waals surface area contributed by atoms with Crippen LogP contribution in [0.2, 0.25) is 0 Å². The molecule has 0 saturated carbocycles. The molecule has 2 heterocycles. The van der Waals surface area contributed by atoms with Gasteiger partial charge in [-0.25, -0.2) is 8.42 Å². The maximum Gasteiger partial charge on any atom is 0.243 e. The molecule has 1 fully saturated rings. The largest absolute Gasteiger partial charge is 0.380 e. The van der Waals surface area contributed by atoms with E-state index in [1.807, 2.05) is 25.1 Å². The number of fused-ring (bicyclic) bond motifs is 2. The summed E-state index contributed by atoms with van der Waals surface area (Å²) in [7, 11) is -3.52. The third-order valence-electron chi connectivity index (χ3n) is 6.51. The normalized spacial score (nSPS) is 26.9. The van der Waals surface area contributed by atoms with E-state index in [1.165, 1.54) is 5.56 Å². The SMILES string of the molecule is CCC1[C@@H]2Nc3ccccc3C(C)(C)[C@H]2CN1S(=O)(=O)c1ccc(C)cc1. The highest BCUT2D eigenvalue weighted by molar-refractivity contribution is 7.89. The Morgan fingerprint density at radius 2 is 1.78 bits per heavy atom. The molecule has 4 rings (SSSR count). The zero-order valence-corrected chi connectivity index (χ0v) is 17.3. The number of sulfonamides is 1. The monoisotopic (exact) mass is 384 g/mol. The highest BCUT2D eigenvalue weighted by Crippen LogP contribution is 2.49. The molecule has 2 aromatic rings. The lowest BCUT2D eigenvalue weighted by molar-refractivity contribution is 0.301. The van der Waals surface area contributed by atoms with Crippen molar-refractivity contribution < 1.29 is 8.42 Å². The molecule has 2 aliphatic rings. The van der Waals surface area contributed by atoms with Gasteiger partial charge in [-0.1, -0.05) is 56.7 Å². The summed E-state index contributed by atoms with van der Waals surface area (Å²) in [6.07, 6.45) is 0.789. The van der Waals surface area contributed by atoms with Crippen LogP contribution in [0.25, 0.3) is 0 Å². The molecule has 0 radical (unpaired) electrons. The third kappa shape index (κ3) is 2.79. The topological polar surface area (TPSA) is 49.4 Å². The number of hydrogen-bond acceptors (Lipinski definition) is 3. The molecule has 4 nitrogen and oxygen atoms in total. The Hall–Kier alpha value is -1.85. The van der Waals surface area contributed by atoms with E-state index < -0.39 is 10.0 Å². The first-order chi connectivity index (χ1) is 12.8. The number of para-hydroxylation sites is 1. The smallest absolute Gasteiger partial charge is 0.243 e. The fourth-order valence-electron chi connectivity index (χ4n) is 4.89. The van der Waals surface area contributed by atoms with Crippen LogP contribution in [-0.2, 0) is 15.4 Å². The van der Waals surface area contributed by atoms with Crippen molar-refractivity contribution in [2.75, 3.05) is 11.9 Å². The minimum atomic E-state index is -3.52. The van der Waals surface area contributed by atoms with Gasteiger partial charge in [-0.05, 0) is 42.5 Å². The molecule has 1 N–H and O–H groups in total. The molecule has 0 aromatic heterocycles. The Morgan fingerprint density at radius 3 is 2.44 bits per heavy atom. The van der Waals surface area contributed by atoms with Crippen molar-refractivity contribution >= 4 is 15.7 Å². The third-order valence-corrected chi connectivity index (χ3v) is 8.42. The van der Waals surface area contributed by atoms with Crippen LogP contribution in [0, 0.1) is 12.8 Å². The van der Waals surface area contributed by atoms with Crippen molar-refractivity contribution in [2.24, 2.45) is 5.92 Å². The summed E-state index contributed by atoms with van der Waals surface area (Å²) in [4.78, 5) is 0.389. The zero-order chi connectivity index (χ0) is 19.4. The van der Waals surface area contributed by atoms with E-state index in [0.717, 1.165) is 17.7 Å². The standard InChI is InChI=1S/C22H28N2O2S/c1-5-20-21-18(22(3,4)17-8-6-7-9-19(17)23-21)14-24(20)27(25,26)16-12-10-15(2)11-13-16/h6-13,18,20-21,23H,5,14H2,1-4H3/t18-,20?,21+/m0/s1. The molecule has 2 aliphatic heterocycles. The number of nitrogens with zero attached hydrogens (tertiary/aromatic N) is 1. The molecule has 0 amide bonds. The van der Waals surface area contributed by atoms with Crippen molar-refractivity contribution in [3.63, 3.8) is 0 Å². The molecule has 3 atom stereocenters. The number of nitrogens with one attached hydrogen (secondary N) is 1. The summed E-state index contributed by atoms with van der Waals surface area (Å²) < 4.78 is 28.6. The van der Waals surface area contributed by atoms with Gasteiger partial charge in [-0.15, -0.1) is 0 Å². The van der Waals surface area contributed by atoms with E-state index in [2.05, 4.69) is 44.3 Å². The van der Waals surface area contributed by atoms with Crippen LogP contribution in [-0.4, -0.2) is 31.4 Å². The molecular weight excluding hydrogens is 356 g/mol. The lowest BCUT2D eigenvalue weighted by Gasteiger charge is -2.43. The van der Waals surface area contributed by atoms with Crippen LogP contribution >= 0.6 is 0 Å². The van der Waals surface area contributed by atoms with Gasteiger partial charge >= 0.3 is 0 Å². The number of hydrogen-bond donors (Lipinski definition) is 1. The summed E-state index contributed by atoms with van der Waals surface area (Å²) in [5.41, 5.74) is 3.39. The van der Waals surface area contributed by atoms with Gasteiger partial charge in [0, 0.05) is 30.2 Å². The van der Waals surface area contributed by atoms with Gasteiger partial charge in [0.2, 0.25) is 10.0 Å². The molecule has 27 heavy (non-hydrogen) atoms. The quantitative estimate of drug-likeness (QED) is 0.864. The Labute approximate surface area is 162 Å². The zero-order valence-electron chi connectivity index (χ0n) is 16.4. The average Bonchev–Trinajstić information content (AvgIpc) is 3.02.